The smallest absolute Gasteiger partial charge is 0.350 e. The minimum absolute atomic E-state index is 0.144. The summed E-state index contributed by atoms with van der Waals surface area (Å²) in [6, 6.07) is 9.15. The number of fused-ring (bicyclic) bond motifs is 3. The molecular formula is C20H21N5O4. The highest BCUT2D eigenvalue weighted by Crippen LogP contribution is 2.18. The van der Waals surface area contributed by atoms with E-state index >= 15 is 0 Å². The molecule has 0 spiro atoms. The fraction of sp³-hybridized carbons (Fsp3) is 0.350. The number of hydrogen-bond acceptors (Lipinski definition) is 5. The van der Waals surface area contributed by atoms with Crippen molar-refractivity contribution < 1.29 is 14.4 Å². The van der Waals surface area contributed by atoms with Gasteiger partial charge in [-0.3, -0.25) is 19.3 Å². The highest BCUT2D eigenvalue weighted by atomic mass is 16.2. The standard InChI is InChI=1S/C20H21N5O4/c1-12-9-14-5-3-4-6-15(14)25-19(12)22-24(20(25)29)10-13(2)21-16(26)11-23-17(27)7-8-18(23)28/h3-6,9,13H,7-8,10-11H2,1-2H3,(H,21,26)/t13-/m1/s1. The van der Waals surface area contributed by atoms with Crippen LogP contribution in [0.1, 0.15) is 25.3 Å². The van der Waals surface area contributed by atoms with Crippen LogP contribution in [0.15, 0.2) is 35.1 Å². The molecule has 1 fully saturated rings. The Balaban J connectivity index is 1.54. The molecule has 150 valence electrons. The van der Waals surface area contributed by atoms with E-state index in [4.69, 9.17) is 0 Å². The largest absolute Gasteiger partial charge is 0.350 e. The van der Waals surface area contributed by atoms with Gasteiger partial charge in [-0.1, -0.05) is 18.2 Å². The lowest BCUT2D eigenvalue weighted by Crippen LogP contribution is -2.45. The van der Waals surface area contributed by atoms with Crippen LogP contribution in [0, 0.1) is 6.92 Å². The van der Waals surface area contributed by atoms with Gasteiger partial charge < -0.3 is 5.32 Å². The number of imide groups is 1. The van der Waals surface area contributed by atoms with Crippen LogP contribution in [0.4, 0.5) is 0 Å². The number of pyridine rings is 1. The number of nitrogens with zero attached hydrogens (tertiary/aromatic N) is 4. The van der Waals surface area contributed by atoms with Crippen LogP contribution in [0.3, 0.4) is 0 Å². The minimum atomic E-state index is -0.445. The summed E-state index contributed by atoms with van der Waals surface area (Å²) in [6.45, 7) is 3.51. The number of aromatic nitrogens is 3. The molecule has 3 amide bonds. The molecule has 0 bridgehead atoms. The lowest BCUT2D eigenvalue weighted by atomic mass is 10.1. The van der Waals surface area contributed by atoms with E-state index in [1.807, 2.05) is 37.3 Å². The van der Waals surface area contributed by atoms with E-state index in [2.05, 4.69) is 10.4 Å². The van der Waals surface area contributed by atoms with E-state index in [0.29, 0.717) is 5.65 Å². The number of carbonyl (C=O) groups excluding carboxylic acids is 3. The number of carbonyl (C=O) groups is 3. The van der Waals surface area contributed by atoms with Crippen LogP contribution >= 0.6 is 0 Å². The van der Waals surface area contributed by atoms with Crippen molar-refractivity contribution in [2.75, 3.05) is 6.54 Å². The van der Waals surface area contributed by atoms with Gasteiger partial charge in [-0.25, -0.2) is 13.9 Å². The Morgan fingerprint density at radius 2 is 1.86 bits per heavy atom. The molecule has 1 aliphatic rings. The SMILES string of the molecule is Cc1cc2ccccc2n2c(=O)n(C[C@@H](C)NC(=O)CN3C(=O)CCC3=O)nc12. The third-order valence-corrected chi connectivity index (χ3v) is 5.05. The van der Waals surface area contributed by atoms with Crippen LogP contribution in [0.5, 0.6) is 0 Å². The highest BCUT2D eigenvalue weighted by molar-refractivity contribution is 6.04. The first kappa shape index (κ1) is 18.9. The first-order valence-corrected chi connectivity index (χ1v) is 9.45. The van der Waals surface area contributed by atoms with E-state index in [1.54, 1.807) is 11.3 Å². The van der Waals surface area contributed by atoms with E-state index in [0.717, 1.165) is 21.4 Å². The molecule has 3 heterocycles. The first-order valence-electron chi connectivity index (χ1n) is 9.45. The molecule has 9 heteroatoms. The van der Waals surface area contributed by atoms with Crippen LogP contribution in [-0.2, 0) is 20.9 Å². The van der Waals surface area contributed by atoms with Gasteiger partial charge in [0, 0.05) is 18.9 Å². The maximum Gasteiger partial charge on any atom is 0.350 e. The lowest BCUT2D eigenvalue weighted by Gasteiger charge is -2.17. The van der Waals surface area contributed by atoms with E-state index < -0.39 is 11.9 Å². The summed E-state index contributed by atoms with van der Waals surface area (Å²) in [5.74, 6) is -1.12. The van der Waals surface area contributed by atoms with Crippen LogP contribution < -0.4 is 11.0 Å². The van der Waals surface area contributed by atoms with Gasteiger partial charge in [0.25, 0.3) is 0 Å². The highest BCUT2D eigenvalue weighted by Gasteiger charge is 2.30. The summed E-state index contributed by atoms with van der Waals surface area (Å²) >= 11 is 0. The average molecular weight is 395 g/mol. The summed E-state index contributed by atoms with van der Waals surface area (Å²) in [7, 11) is 0. The number of nitrogens with one attached hydrogen (secondary N) is 1. The number of rotatable bonds is 5. The second-order valence-corrected chi connectivity index (χ2v) is 7.35. The molecule has 9 nitrogen and oxygen atoms in total. The van der Waals surface area contributed by atoms with E-state index in [9.17, 15) is 19.2 Å². The Kier molecular flexibility index (Phi) is 4.65. The minimum Gasteiger partial charge on any atom is -0.350 e. The Hall–Kier alpha value is -3.49. The molecule has 3 aromatic rings. The lowest BCUT2D eigenvalue weighted by molar-refractivity contribution is -0.142. The molecule has 0 unspecified atom stereocenters. The molecule has 1 atom stereocenters. The Morgan fingerprint density at radius 3 is 2.59 bits per heavy atom. The summed E-state index contributed by atoms with van der Waals surface area (Å²) in [5, 5.41) is 8.10. The maximum absolute atomic E-state index is 12.9. The Bertz CT molecular complexity index is 1190. The summed E-state index contributed by atoms with van der Waals surface area (Å²) in [5.41, 5.74) is 1.93. The molecular weight excluding hydrogens is 374 g/mol. The summed E-state index contributed by atoms with van der Waals surface area (Å²) < 4.78 is 2.90. The van der Waals surface area contributed by atoms with Gasteiger partial charge in [-0.15, -0.1) is 5.10 Å². The number of likely N-dealkylation sites (tertiary alicyclic amines) is 1. The quantitative estimate of drug-likeness (QED) is 0.637. The zero-order valence-electron chi connectivity index (χ0n) is 16.2. The van der Waals surface area contributed by atoms with Gasteiger partial charge in [-0.05, 0) is 36.9 Å². The van der Waals surface area contributed by atoms with Gasteiger partial charge in [0.1, 0.15) is 6.54 Å². The average Bonchev–Trinajstić information content (AvgIpc) is 3.16. The van der Waals surface area contributed by atoms with Crippen molar-refractivity contribution in [1.29, 1.82) is 0 Å². The van der Waals surface area contributed by atoms with Crippen LogP contribution in [0.2, 0.25) is 0 Å². The predicted octanol–water partition coefficient (Wildman–Crippen LogP) is 0.611. The van der Waals surface area contributed by atoms with Crippen molar-refractivity contribution in [3.63, 3.8) is 0 Å². The van der Waals surface area contributed by atoms with E-state index in [-0.39, 0.29) is 43.4 Å². The molecule has 1 saturated heterocycles. The number of hydrogen-bond donors (Lipinski definition) is 1. The number of para-hydroxylation sites is 1. The number of amides is 3. The zero-order valence-corrected chi connectivity index (χ0v) is 16.2. The molecule has 4 rings (SSSR count). The number of benzene rings is 1. The molecule has 2 aromatic heterocycles. The molecule has 0 radical (unpaired) electrons. The van der Waals surface area contributed by atoms with Gasteiger partial charge in [0.15, 0.2) is 5.65 Å². The summed E-state index contributed by atoms with van der Waals surface area (Å²) in [6.07, 6.45) is 0.289. The second kappa shape index (κ2) is 7.16. The van der Waals surface area contributed by atoms with Gasteiger partial charge in [0.05, 0.1) is 12.1 Å². The van der Waals surface area contributed by atoms with Crippen molar-refractivity contribution in [2.24, 2.45) is 0 Å². The zero-order chi connectivity index (χ0) is 20.7. The molecule has 1 aromatic carbocycles. The van der Waals surface area contributed by atoms with Crippen LogP contribution in [-0.4, -0.2) is 49.4 Å². The summed E-state index contributed by atoms with van der Waals surface area (Å²) in [4.78, 5) is 49.4. The molecule has 1 aliphatic heterocycles. The van der Waals surface area contributed by atoms with Crippen molar-refractivity contribution in [3.05, 3.63) is 46.4 Å². The maximum atomic E-state index is 12.9. The number of aryl methyl sites for hydroxylation is 1. The molecule has 29 heavy (non-hydrogen) atoms. The van der Waals surface area contributed by atoms with Crippen molar-refractivity contribution in [2.45, 2.75) is 39.3 Å². The predicted molar refractivity (Wildman–Crippen MR) is 105 cm³/mol. The molecule has 0 aliphatic carbocycles. The Labute approximate surface area is 165 Å². The van der Waals surface area contributed by atoms with Gasteiger partial charge in [0.2, 0.25) is 17.7 Å². The van der Waals surface area contributed by atoms with Crippen molar-refractivity contribution in [1.82, 2.24) is 24.4 Å². The third kappa shape index (κ3) is 3.39. The van der Waals surface area contributed by atoms with Gasteiger partial charge in [-0.2, -0.15) is 0 Å². The molecule has 0 saturated carbocycles. The van der Waals surface area contributed by atoms with Crippen LogP contribution in [0.25, 0.3) is 16.6 Å². The first-order chi connectivity index (χ1) is 13.8. The third-order valence-electron chi connectivity index (χ3n) is 5.05. The fourth-order valence-corrected chi connectivity index (χ4v) is 3.68. The van der Waals surface area contributed by atoms with Gasteiger partial charge >= 0.3 is 5.69 Å². The second-order valence-electron chi connectivity index (χ2n) is 7.35. The normalized spacial score (nSPS) is 15.4. The molecule has 1 N–H and O–H groups in total. The fourth-order valence-electron chi connectivity index (χ4n) is 3.68. The Morgan fingerprint density at radius 1 is 1.17 bits per heavy atom. The monoisotopic (exact) mass is 395 g/mol. The van der Waals surface area contributed by atoms with Crippen molar-refractivity contribution >= 4 is 34.3 Å². The van der Waals surface area contributed by atoms with Crippen molar-refractivity contribution in [3.8, 4) is 0 Å². The van der Waals surface area contributed by atoms with E-state index in [1.165, 1.54) is 4.68 Å². The topological polar surface area (TPSA) is 106 Å².